The minimum Gasteiger partial charge on any atom is -0.379 e. The highest BCUT2D eigenvalue weighted by molar-refractivity contribution is 5.23. The Morgan fingerprint density at radius 1 is 1.26 bits per heavy atom. The highest BCUT2D eigenvalue weighted by atomic mass is 16.5. The van der Waals surface area contributed by atoms with Crippen molar-refractivity contribution in [2.75, 3.05) is 33.4 Å². The van der Waals surface area contributed by atoms with E-state index in [0.717, 1.165) is 32.7 Å². The fraction of sp³-hybridized carbons (Fsp3) is 0.625. The van der Waals surface area contributed by atoms with Crippen LogP contribution < -0.4 is 5.32 Å². The lowest BCUT2D eigenvalue weighted by Crippen LogP contribution is -2.57. The number of likely N-dealkylation sites (N-methyl/N-ethyl adjacent to an activating group) is 1. The van der Waals surface area contributed by atoms with Gasteiger partial charge in [-0.2, -0.15) is 0 Å². The second-order valence-corrected chi connectivity index (χ2v) is 5.44. The maximum absolute atomic E-state index is 5.50. The Morgan fingerprint density at radius 3 is 2.42 bits per heavy atom. The standard InChI is InChI=1S/C16H26N2O/c1-4-16(2,18-10-12-19-13-11-18)15(17-3)14-8-6-5-7-9-14/h5-9,15,17H,4,10-13H2,1-3H3. The van der Waals surface area contributed by atoms with E-state index in [4.69, 9.17) is 4.74 Å². The van der Waals surface area contributed by atoms with E-state index >= 15 is 0 Å². The molecule has 2 atom stereocenters. The molecule has 1 aromatic rings. The maximum Gasteiger partial charge on any atom is 0.0594 e. The van der Waals surface area contributed by atoms with Gasteiger partial charge in [0.2, 0.25) is 0 Å². The van der Waals surface area contributed by atoms with Crippen molar-refractivity contribution in [3.05, 3.63) is 35.9 Å². The Morgan fingerprint density at radius 2 is 1.89 bits per heavy atom. The molecular weight excluding hydrogens is 236 g/mol. The van der Waals surface area contributed by atoms with Gasteiger partial charge in [-0.25, -0.2) is 0 Å². The summed E-state index contributed by atoms with van der Waals surface area (Å²) < 4.78 is 5.50. The van der Waals surface area contributed by atoms with Gasteiger partial charge >= 0.3 is 0 Å². The molecule has 2 unspecified atom stereocenters. The zero-order chi connectivity index (χ0) is 13.7. The van der Waals surface area contributed by atoms with E-state index in [9.17, 15) is 0 Å². The number of morpholine rings is 1. The van der Waals surface area contributed by atoms with Crippen LogP contribution in [-0.2, 0) is 4.74 Å². The number of rotatable bonds is 5. The quantitative estimate of drug-likeness (QED) is 0.882. The second-order valence-electron chi connectivity index (χ2n) is 5.44. The summed E-state index contributed by atoms with van der Waals surface area (Å²) in [5, 5.41) is 3.52. The number of hydrogen-bond donors (Lipinski definition) is 1. The average Bonchev–Trinajstić information content (AvgIpc) is 2.49. The van der Waals surface area contributed by atoms with E-state index in [1.165, 1.54) is 5.56 Å². The molecule has 0 amide bonds. The van der Waals surface area contributed by atoms with Gasteiger partial charge in [0.1, 0.15) is 0 Å². The summed E-state index contributed by atoms with van der Waals surface area (Å²) in [6.45, 7) is 8.39. The number of hydrogen-bond acceptors (Lipinski definition) is 3. The molecule has 0 saturated carbocycles. The van der Waals surface area contributed by atoms with Crippen molar-refractivity contribution in [2.24, 2.45) is 0 Å². The molecule has 2 rings (SSSR count). The van der Waals surface area contributed by atoms with Crippen molar-refractivity contribution >= 4 is 0 Å². The maximum atomic E-state index is 5.50. The molecule has 3 heteroatoms. The van der Waals surface area contributed by atoms with Crippen molar-refractivity contribution < 1.29 is 4.74 Å². The van der Waals surface area contributed by atoms with Gasteiger partial charge in [0.05, 0.1) is 19.3 Å². The van der Waals surface area contributed by atoms with Gasteiger partial charge in [0.25, 0.3) is 0 Å². The molecule has 0 aliphatic carbocycles. The van der Waals surface area contributed by atoms with Crippen LogP contribution in [-0.4, -0.2) is 43.8 Å². The summed E-state index contributed by atoms with van der Waals surface area (Å²) in [6.07, 6.45) is 1.12. The third-order valence-electron chi connectivity index (χ3n) is 4.49. The lowest BCUT2D eigenvalue weighted by Gasteiger charge is -2.48. The molecule has 1 aliphatic rings. The van der Waals surface area contributed by atoms with Crippen LogP contribution in [0.2, 0.25) is 0 Å². The first-order valence-electron chi connectivity index (χ1n) is 7.27. The van der Waals surface area contributed by atoms with Gasteiger partial charge in [-0.3, -0.25) is 4.90 Å². The molecule has 0 radical (unpaired) electrons. The Balaban J connectivity index is 2.26. The van der Waals surface area contributed by atoms with Gasteiger partial charge in [-0.15, -0.1) is 0 Å². The zero-order valence-corrected chi connectivity index (χ0v) is 12.4. The molecule has 1 N–H and O–H groups in total. The molecule has 0 spiro atoms. The minimum absolute atomic E-state index is 0.125. The molecule has 1 fully saturated rings. The van der Waals surface area contributed by atoms with Gasteiger partial charge < -0.3 is 10.1 Å². The number of benzene rings is 1. The average molecular weight is 262 g/mol. The van der Waals surface area contributed by atoms with E-state index in [1.54, 1.807) is 0 Å². The van der Waals surface area contributed by atoms with Crippen molar-refractivity contribution in [2.45, 2.75) is 31.8 Å². The van der Waals surface area contributed by atoms with Crippen LogP contribution in [0.1, 0.15) is 31.9 Å². The van der Waals surface area contributed by atoms with Crippen LogP contribution in [0, 0.1) is 0 Å². The monoisotopic (exact) mass is 262 g/mol. The Labute approximate surface area is 116 Å². The first-order valence-corrected chi connectivity index (χ1v) is 7.27. The number of nitrogens with zero attached hydrogens (tertiary/aromatic N) is 1. The highest BCUT2D eigenvalue weighted by Crippen LogP contribution is 2.34. The molecular formula is C16H26N2O. The van der Waals surface area contributed by atoms with Gasteiger partial charge in [0, 0.05) is 18.6 Å². The van der Waals surface area contributed by atoms with E-state index in [1.807, 2.05) is 0 Å². The SMILES string of the molecule is CCC(C)(C(NC)c1ccccc1)N1CCOCC1. The summed E-state index contributed by atoms with van der Waals surface area (Å²) in [7, 11) is 2.06. The summed E-state index contributed by atoms with van der Waals surface area (Å²) in [5.74, 6) is 0. The van der Waals surface area contributed by atoms with Crippen LogP contribution in [0.25, 0.3) is 0 Å². The largest absolute Gasteiger partial charge is 0.379 e. The fourth-order valence-corrected chi connectivity index (χ4v) is 3.17. The van der Waals surface area contributed by atoms with E-state index in [0.29, 0.717) is 6.04 Å². The smallest absolute Gasteiger partial charge is 0.0594 e. The lowest BCUT2D eigenvalue weighted by molar-refractivity contribution is -0.0319. The van der Waals surface area contributed by atoms with Crippen LogP contribution in [0.5, 0.6) is 0 Å². The normalized spacial score (nSPS) is 21.8. The third kappa shape index (κ3) is 2.99. The molecule has 1 heterocycles. The predicted octanol–water partition coefficient (Wildman–Crippen LogP) is 2.45. The summed E-state index contributed by atoms with van der Waals surface area (Å²) in [6, 6.07) is 11.1. The molecule has 0 bridgehead atoms. The molecule has 19 heavy (non-hydrogen) atoms. The van der Waals surface area contributed by atoms with Crippen molar-refractivity contribution in [3.63, 3.8) is 0 Å². The van der Waals surface area contributed by atoms with Crippen LogP contribution >= 0.6 is 0 Å². The predicted molar refractivity (Wildman–Crippen MR) is 79.3 cm³/mol. The van der Waals surface area contributed by atoms with E-state index in [2.05, 4.69) is 61.4 Å². The van der Waals surface area contributed by atoms with E-state index < -0.39 is 0 Å². The minimum atomic E-state index is 0.125. The summed E-state index contributed by atoms with van der Waals surface area (Å²) in [4.78, 5) is 2.57. The van der Waals surface area contributed by atoms with Crippen LogP contribution in [0.15, 0.2) is 30.3 Å². The Kier molecular flexibility index (Phi) is 4.97. The van der Waals surface area contributed by atoms with Crippen LogP contribution in [0.3, 0.4) is 0 Å². The second kappa shape index (κ2) is 6.51. The lowest BCUT2D eigenvalue weighted by atomic mass is 9.82. The number of ether oxygens (including phenoxy) is 1. The van der Waals surface area contributed by atoms with Crippen molar-refractivity contribution in [1.82, 2.24) is 10.2 Å². The molecule has 0 aromatic heterocycles. The molecule has 1 saturated heterocycles. The van der Waals surface area contributed by atoms with Gasteiger partial charge in [-0.1, -0.05) is 37.3 Å². The Hall–Kier alpha value is -0.900. The first kappa shape index (κ1) is 14.5. The van der Waals surface area contributed by atoms with Gasteiger partial charge in [0.15, 0.2) is 0 Å². The fourth-order valence-electron chi connectivity index (χ4n) is 3.17. The highest BCUT2D eigenvalue weighted by Gasteiger charge is 2.38. The zero-order valence-electron chi connectivity index (χ0n) is 12.4. The van der Waals surface area contributed by atoms with Crippen molar-refractivity contribution in [1.29, 1.82) is 0 Å². The van der Waals surface area contributed by atoms with Crippen LogP contribution in [0.4, 0.5) is 0 Å². The topological polar surface area (TPSA) is 24.5 Å². The van der Waals surface area contributed by atoms with Crippen molar-refractivity contribution in [3.8, 4) is 0 Å². The first-order chi connectivity index (χ1) is 9.22. The third-order valence-corrected chi connectivity index (χ3v) is 4.49. The molecule has 106 valence electrons. The number of nitrogens with one attached hydrogen (secondary N) is 1. The van der Waals surface area contributed by atoms with Gasteiger partial charge in [-0.05, 0) is 26.0 Å². The summed E-state index contributed by atoms with van der Waals surface area (Å²) in [5.41, 5.74) is 1.49. The molecule has 1 aromatic carbocycles. The molecule has 3 nitrogen and oxygen atoms in total. The molecule has 1 aliphatic heterocycles. The Bertz CT molecular complexity index is 376. The summed E-state index contributed by atoms with van der Waals surface area (Å²) >= 11 is 0. The van der Waals surface area contributed by atoms with E-state index in [-0.39, 0.29) is 5.54 Å².